The largest absolute Gasteiger partial charge is 0.385 e. The fourth-order valence-corrected chi connectivity index (χ4v) is 3.05. The number of hydrogen-bond acceptors (Lipinski definition) is 4. The van der Waals surface area contributed by atoms with Gasteiger partial charge in [0, 0.05) is 31.8 Å². The molecule has 0 fully saturated rings. The molecule has 0 unspecified atom stereocenters. The van der Waals surface area contributed by atoms with E-state index in [4.69, 9.17) is 4.74 Å². The molecule has 1 aromatic heterocycles. The highest BCUT2D eigenvalue weighted by atomic mass is 32.2. The lowest BCUT2D eigenvalue weighted by molar-refractivity contribution is 0.196. The molecule has 0 aliphatic heterocycles. The Labute approximate surface area is 112 Å². The Morgan fingerprint density at radius 2 is 2.05 bits per heavy atom. The molecule has 2 rings (SSSR count). The third kappa shape index (κ3) is 3.28. The number of pyridine rings is 1. The summed E-state index contributed by atoms with van der Waals surface area (Å²) in [4.78, 5) is 4.36. The summed E-state index contributed by atoms with van der Waals surface area (Å²) in [6, 6.07) is 8.74. The maximum Gasteiger partial charge on any atom is 0.242 e. The lowest BCUT2D eigenvalue weighted by Crippen LogP contribution is -2.25. The number of nitrogens with one attached hydrogen (secondary N) is 1. The summed E-state index contributed by atoms with van der Waals surface area (Å²) in [6.07, 6.45) is 2.22. The van der Waals surface area contributed by atoms with Crippen molar-refractivity contribution in [1.29, 1.82) is 0 Å². The van der Waals surface area contributed by atoms with Gasteiger partial charge in [-0.05, 0) is 18.6 Å². The van der Waals surface area contributed by atoms with E-state index in [0.29, 0.717) is 25.1 Å². The van der Waals surface area contributed by atoms with Crippen LogP contribution in [0.4, 0.5) is 0 Å². The van der Waals surface area contributed by atoms with Gasteiger partial charge in [-0.2, -0.15) is 0 Å². The second-order valence-corrected chi connectivity index (χ2v) is 5.81. The Bertz CT molecular complexity index is 650. The van der Waals surface area contributed by atoms with Crippen molar-refractivity contribution in [3.8, 4) is 0 Å². The van der Waals surface area contributed by atoms with Gasteiger partial charge < -0.3 is 4.74 Å². The molecule has 1 heterocycles. The number of rotatable bonds is 6. The first-order valence-electron chi connectivity index (χ1n) is 5.97. The predicted octanol–water partition coefficient (Wildman–Crippen LogP) is 1.55. The molecule has 0 spiro atoms. The van der Waals surface area contributed by atoms with E-state index in [-0.39, 0.29) is 4.90 Å². The number of para-hydroxylation sites is 1. The summed E-state index contributed by atoms with van der Waals surface area (Å²) in [7, 11) is -1.95. The highest BCUT2D eigenvalue weighted by molar-refractivity contribution is 7.89. The highest BCUT2D eigenvalue weighted by Crippen LogP contribution is 2.20. The minimum absolute atomic E-state index is 0.211. The van der Waals surface area contributed by atoms with E-state index in [1.54, 1.807) is 31.5 Å². The number of aromatic nitrogens is 1. The van der Waals surface area contributed by atoms with Gasteiger partial charge in [0.25, 0.3) is 0 Å². The number of fused-ring (bicyclic) bond motifs is 1. The zero-order valence-corrected chi connectivity index (χ0v) is 11.5. The van der Waals surface area contributed by atoms with Crippen LogP contribution in [0.15, 0.2) is 41.4 Å². The van der Waals surface area contributed by atoms with Gasteiger partial charge in [-0.15, -0.1) is 0 Å². The molecule has 1 N–H and O–H groups in total. The van der Waals surface area contributed by atoms with Crippen molar-refractivity contribution in [1.82, 2.24) is 9.71 Å². The summed E-state index contributed by atoms with van der Waals surface area (Å²) in [5.41, 5.74) is 0.490. The van der Waals surface area contributed by atoms with Gasteiger partial charge in [-0.3, -0.25) is 4.98 Å². The minimum Gasteiger partial charge on any atom is -0.385 e. The van der Waals surface area contributed by atoms with Crippen molar-refractivity contribution in [3.05, 3.63) is 36.5 Å². The van der Waals surface area contributed by atoms with Gasteiger partial charge in [-0.1, -0.05) is 18.2 Å². The quantitative estimate of drug-likeness (QED) is 0.815. The molecular formula is C13H16N2O3S. The van der Waals surface area contributed by atoms with Crippen LogP contribution in [-0.2, 0) is 14.8 Å². The number of methoxy groups -OCH3 is 1. The Morgan fingerprint density at radius 3 is 2.84 bits per heavy atom. The lowest BCUT2D eigenvalue weighted by atomic mass is 10.2. The van der Waals surface area contributed by atoms with Crippen LogP contribution in [0.5, 0.6) is 0 Å². The molecule has 0 aliphatic rings. The second-order valence-electron chi connectivity index (χ2n) is 4.08. The molecule has 0 saturated heterocycles. The second kappa shape index (κ2) is 6.10. The van der Waals surface area contributed by atoms with Crippen LogP contribution >= 0.6 is 0 Å². The monoisotopic (exact) mass is 280 g/mol. The number of hydrogen-bond donors (Lipinski definition) is 1. The molecule has 0 aliphatic carbocycles. The molecule has 6 heteroatoms. The van der Waals surface area contributed by atoms with E-state index in [0.717, 1.165) is 5.39 Å². The van der Waals surface area contributed by atoms with E-state index < -0.39 is 10.0 Å². The van der Waals surface area contributed by atoms with Crippen molar-refractivity contribution in [2.24, 2.45) is 0 Å². The van der Waals surface area contributed by atoms with Gasteiger partial charge in [-0.25, -0.2) is 13.1 Å². The topological polar surface area (TPSA) is 68.3 Å². The van der Waals surface area contributed by atoms with Gasteiger partial charge in [0.15, 0.2) is 0 Å². The van der Waals surface area contributed by atoms with E-state index in [1.165, 1.54) is 0 Å². The summed E-state index contributed by atoms with van der Waals surface area (Å²) < 4.78 is 31.9. The van der Waals surface area contributed by atoms with Crippen LogP contribution in [0.1, 0.15) is 6.42 Å². The maximum atomic E-state index is 12.2. The maximum absolute atomic E-state index is 12.2. The van der Waals surface area contributed by atoms with Crippen molar-refractivity contribution in [2.45, 2.75) is 11.3 Å². The average Bonchev–Trinajstić information content (AvgIpc) is 2.43. The van der Waals surface area contributed by atoms with Crippen molar-refractivity contribution in [2.75, 3.05) is 20.3 Å². The zero-order chi connectivity index (χ0) is 13.7. The van der Waals surface area contributed by atoms with E-state index in [1.807, 2.05) is 12.1 Å². The fraction of sp³-hybridized carbons (Fsp3) is 0.308. The third-order valence-electron chi connectivity index (χ3n) is 2.70. The number of ether oxygens (including phenoxy) is 1. The van der Waals surface area contributed by atoms with Gasteiger partial charge in [0.05, 0.1) is 5.52 Å². The Morgan fingerprint density at radius 1 is 1.26 bits per heavy atom. The van der Waals surface area contributed by atoms with Crippen LogP contribution < -0.4 is 4.72 Å². The van der Waals surface area contributed by atoms with Crippen molar-refractivity contribution < 1.29 is 13.2 Å². The Hall–Kier alpha value is -1.50. The molecule has 0 atom stereocenters. The van der Waals surface area contributed by atoms with Crippen LogP contribution in [0.25, 0.3) is 10.9 Å². The molecule has 102 valence electrons. The number of nitrogens with zero attached hydrogens (tertiary/aromatic N) is 1. The third-order valence-corrected chi connectivity index (χ3v) is 4.20. The molecule has 0 saturated carbocycles. The van der Waals surface area contributed by atoms with Crippen LogP contribution in [0.3, 0.4) is 0 Å². The molecule has 0 radical (unpaired) electrons. The molecule has 19 heavy (non-hydrogen) atoms. The summed E-state index contributed by atoms with van der Waals surface area (Å²) >= 11 is 0. The van der Waals surface area contributed by atoms with Gasteiger partial charge in [0.1, 0.15) is 4.90 Å². The molecule has 5 nitrogen and oxygen atoms in total. The summed E-state index contributed by atoms with van der Waals surface area (Å²) in [6.45, 7) is 0.871. The molecular weight excluding hydrogens is 264 g/mol. The lowest BCUT2D eigenvalue weighted by Gasteiger charge is -2.08. The average molecular weight is 280 g/mol. The van der Waals surface area contributed by atoms with Crippen molar-refractivity contribution >= 4 is 20.9 Å². The van der Waals surface area contributed by atoms with E-state index in [9.17, 15) is 8.42 Å². The molecule has 1 aromatic carbocycles. The highest BCUT2D eigenvalue weighted by Gasteiger charge is 2.17. The zero-order valence-electron chi connectivity index (χ0n) is 10.7. The predicted molar refractivity (Wildman–Crippen MR) is 73.4 cm³/mol. The Kier molecular flexibility index (Phi) is 4.47. The minimum atomic E-state index is -3.54. The van der Waals surface area contributed by atoms with E-state index >= 15 is 0 Å². The fourth-order valence-electron chi connectivity index (χ4n) is 1.79. The van der Waals surface area contributed by atoms with Gasteiger partial charge >= 0.3 is 0 Å². The first-order chi connectivity index (χ1) is 9.15. The summed E-state index contributed by atoms with van der Waals surface area (Å²) in [5, 5.41) is 0.808. The first-order valence-corrected chi connectivity index (χ1v) is 7.46. The summed E-state index contributed by atoms with van der Waals surface area (Å²) in [5.74, 6) is 0. The molecule has 0 bridgehead atoms. The van der Waals surface area contributed by atoms with Crippen LogP contribution in [-0.4, -0.2) is 33.7 Å². The van der Waals surface area contributed by atoms with Gasteiger partial charge in [0.2, 0.25) is 10.0 Å². The smallest absolute Gasteiger partial charge is 0.242 e. The number of sulfonamides is 1. The van der Waals surface area contributed by atoms with Crippen LogP contribution in [0, 0.1) is 0 Å². The molecule has 2 aromatic rings. The Balaban J connectivity index is 2.28. The van der Waals surface area contributed by atoms with Crippen LogP contribution in [0.2, 0.25) is 0 Å². The SMILES string of the molecule is COCCCNS(=O)(=O)c1cccc2cccnc12. The van der Waals surface area contributed by atoms with Crippen molar-refractivity contribution in [3.63, 3.8) is 0 Å². The van der Waals surface area contributed by atoms with E-state index in [2.05, 4.69) is 9.71 Å². The standard InChI is InChI=1S/C13H16N2O3S/c1-18-10-4-9-15-19(16,17)12-7-2-5-11-6-3-8-14-13(11)12/h2-3,5-8,15H,4,9-10H2,1H3. The first kappa shape index (κ1) is 13.9. The molecule has 0 amide bonds. The normalized spacial score (nSPS) is 11.8. The number of benzene rings is 1.